The minimum absolute atomic E-state index is 0.161. The molecule has 3 aromatic carbocycles. The van der Waals surface area contributed by atoms with E-state index < -0.39 is 23.6 Å². The number of anilines is 2. The average molecular weight is 413 g/mol. The van der Waals surface area contributed by atoms with Gasteiger partial charge in [0, 0.05) is 12.7 Å². The molecule has 152 valence electrons. The van der Waals surface area contributed by atoms with Crippen molar-refractivity contribution < 1.29 is 23.9 Å². The summed E-state index contributed by atoms with van der Waals surface area (Å²) in [6.45, 7) is 0. The number of imide groups is 2. The molecule has 2 aliphatic rings. The Morgan fingerprint density at radius 2 is 1.19 bits per heavy atom. The van der Waals surface area contributed by atoms with Crippen molar-refractivity contribution in [1.29, 1.82) is 0 Å². The number of ether oxygens (including phenoxy) is 1. The van der Waals surface area contributed by atoms with Crippen molar-refractivity contribution in [2.45, 2.75) is 0 Å². The van der Waals surface area contributed by atoms with Crippen LogP contribution in [0.15, 0.2) is 60.7 Å². The van der Waals surface area contributed by atoms with Crippen LogP contribution in [0.1, 0.15) is 41.4 Å². The number of benzene rings is 3. The highest BCUT2D eigenvalue weighted by Crippen LogP contribution is 2.34. The van der Waals surface area contributed by atoms with Crippen LogP contribution >= 0.6 is 0 Å². The standard InChI is InChI=1S/C23H15N3O5/c1-25-20(27)16-8-4-13(10-18(16)21(25)28)26-22(29)17-9-7-15(11-19(17)23(26)30)31-14-5-2-12(24)3-6-14/h2-11H,24H2,1H3. The summed E-state index contributed by atoms with van der Waals surface area (Å²) < 4.78 is 5.76. The highest BCUT2D eigenvalue weighted by molar-refractivity contribution is 6.35. The zero-order chi connectivity index (χ0) is 21.9. The molecule has 5 rings (SSSR count). The van der Waals surface area contributed by atoms with Gasteiger partial charge in [0.1, 0.15) is 11.5 Å². The molecular formula is C23H15N3O5. The Hall–Kier alpha value is -4.46. The molecule has 0 unspecified atom stereocenters. The van der Waals surface area contributed by atoms with Crippen molar-refractivity contribution in [3.05, 3.63) is 82.9 Å². The normalized spacial score (nSPS) is 14.9. The fraction of sp³-hybridized carbons (Fsp3) is 0.0435. The molecule has 0 bridgehead atoms. The first-order chi connectivity index (χ1) is 14.8. The van der Waals surface area contributed by atoms with Gasteiger partial charge in [-0.15, -0.1) is 0 Å². The number of amides is 4. The molecular weight excluding hydrogens is 398 g/mol. The molecule has 0 spiro atoms. The van der Waals surface area contributed by atoms with E-state index in [-0.39, 0.29) is 27.9 Å². The number of carbonyl (C=O) groups excluding carboxylic acids is 4. The number of hydrogen-bond acceptors (Lipinski definition) is 6. The quantitative estimate of drug-likeness (QED) is 0.522. The van der Waals surface area contributed by atoms with Crippen molar-refractivity contribution in [2.24, 2.45) is 0 Å². The number of rotatable bonds is 3. The van der Waals surface area contributed by atoms with Crippen molar-refractivity contribution in [3.8, 4) is 11.5 Å². The van der Waals surface area contributed by atoms with Crippen molar-refractivity contribution in [3.63, 3.8) is 0 Å². The summed E-state index contributed by atoms with van der Waals surface area (Å²) in [4.78, 5) is 52.3. The van der Waals surface area contributed by atoms with Crippen LogP contribution in [0.4, 0.5) is 11.4 Å². The van der Waals surface area contributed by atoms with Crippen LogP contribution in [0.25, 0.3) is 0 Å². The highest BCUT2D eigenvalue weighted by Gasteiger charge is 2.39. The summed E-state index contributed by atoms with van der Waals surface area (Å²) in [5, 5.41) is 0. The molecule has 3 aromatic rings. The van der Waals surface area contributed by atoms with E-state index in [1.807, 2.05) is 0 Å². The van der Waals surface area contributed by atoms with Crippen LogP contribution in [-0.4, -0.2) is 35.6 Å². The maximum Gasteiger partial charge on any atom is 0.266 e. The summed E-state index contributed by atoms with van der Waals surface area (Å²) in [5.41, 5.74) is 7.32. The van der Waals surface area contributed by atoms with E-state index in [1.54, 1.807) is 30.3 Å². The van der Waals surface area contributed by atoms with Gasteiger partial charge in [0.05, 0.1) is 27.9 Å². The second-order valence-corrected chi connectivity index (χ2v) is 7.22. The lowest BCUT2D eigenvalue weighted by atomic mass is 10.1. The molecule has 8 nitrogen and oxygen atoms in total. The van der Waals surface area contributed by atoms with Crippen LogP contribution in [0, 0.1) is 0 Å². The number of nitrogen functional groups attached to an aromatic ring is 1. The van der Waals surface area contributed by atoms with E-state index >= 15 is 0 Å². The van der Waals surface area contributed by atoms with Crippen molar-refractivity contribution in [2.75, 3.05) is 17.7 Å². The van der Waals surface area contributed by atoms with E-state index in [4.69, 9.17) is 10.5 Å². The van der Waals surface area contributed by atoms with Gasteiger partial charge in [-0.05, 0) is 60.7 Å². The number of fused-ring (bicyclic) bond motifs is 2. The third-order valence-electron chi connectivity index (χ3n) is 5.31. The molecule has 4 amide bonds. The second kappa shape index (κ2) is 6.53. The van der Waals surface area contributed by atoms with Crippen LogP contribution in [0.3, 0.4) is 0 Å². The predicted octanol–water partition coefficient (Wildman–Crippen LogP) is 3.09. The highest BCUT2D eigenvalue weighted by atomic mass is 16.5. The first kappa shape index (κ1) is 18.6. The number of hydrogen-bond donors (Lipinski definition) is 1. The molecule has 0 atom stereocenters. The molecule has 0 aromatic heterocycles. The topological polar surface area (TPSA) is 110 Å². The van der Waals surface area contributed by atoms with Crippen LogP contribution in [0.5, 0.6) is 11.5 Å². The Balaban J connectivity index is 1.48. The third-order valence-corrected chi connectivity index (χ3v) is 5.31. The van der Waals surface area contributed by atoms with Crippen LogP contribution in [-0.2, 0) is 0 Å². The zero-order valence-corrected chi connectivity index (χ0v) is 16.3. The van der Waals surface area contributed by atoms with E-state index in [2.05, 4.69) is 0 Å². The summed E-state index contributed by atoms with van der Waals surface area (Å²) >= 11 is 0. The Morgan fingerprint density at radius 3 is 1.94 bits per heavy atom. The lowest BCUT2D eigenvalue weighted by Gasteiger charge is -2.14. The molecule has 2 aliphatic heterocycles. The monoisotopic (exact) mass is 413 g/mol. The first-order valence-corrected chi connectivity index (χ1v) is 9.38. The van der Waals surface area contributed by atoms with Gasteiger partial charge in [-0.3, -0.25) is 24.1 Å². The van der Waals surface area contributed by atoms with Crippen molar-refractivity contribution in [1.82, 2.24) is 4.90 Å². The van der Waals surface area contributed by atoms with Gasteiger partial charge in [0.25, 0.3) is 23.6 Å². The lowest BCUT2D eigenvalue weighted by molar-refractivity contribution is 0.0692. The Labute approximate surface area is 176 Å². The maximum absolute atomic E-state index is 13.0. The first-order valence-electron chi connectivity index (χ1n) is 9.38. The smallest absolute Gasteiger partial charge is 0.266 e. The molecule has 0 aliphatic carbocycles. The molecule has 0 saturated heterocycles. The van der Waals surface area contributed by atoms with Gasteiger partial charge in [-0.25, -0.2) is 4.90 Å². The number of nitrogens with zero attached hydrogens (tertiary/aromatic N) is 2. The Bertz CT molecular complexity index is 1310. The molecule has 2 heterocycles. The second-order valence-electron chi connectivity index (χ2n) is 7.22. The fourth-order valence-electron chi connectivity index (χ4n) is 3.68. The predicted molar refractivity (Wildman–Crippen MR) is 111 cm³/mol. The minimum Gasteiger partial charge on any atom is -0.457 e. The Morgan fingerprint density at radius 1 is 0.645 bits per heavy atom. The van der Waals surface area contributed by atoms with Gasteiger partial charge >= 0.3 is 0 Å². The molecule has 0 radical (unpaired) electrons. The molecule has 8 heteroatoms. The van der Waals surface area contributed by atoms with Crippen molar-refractivity contribution >= 4 is 35.0 Å². The molecule has 0 fully saturated rings. The van der Waals surface area contributed by atoms with Gasteiger partial charge in [0.2, 0.25) is 0 Å². The summed E-state index contributed by atoms with van der Waals surface area (Å²) in [7, 11) is 1.38. The molecule has 31 heavy (non-hydrogen) atoms. The lowest BCUT2D eigenvalue weighted by Crippen LogP contribution is -2.29. The molecule has 0 saturated carbocycles. The SMILES string of the molecule is CN1C(=O)c2ccc(N3C(=O)c4ccc(Oc5ccc(N)cc5)cc4C3=O)cc2C1=O. The van der Waals surface area contributed by atoms with Gasteiger partial charge < -0.3 is 10.5 Å². The van der Waals surface area contributed by atoms with E-state index in [0.29, 0.717) is 17.2 Å². The van der Waals surface area contributed by atoms with Gasteiger partial charge in [-0.2, -0.15) is 0 Å². The summed E-state index contributed by atoms with van der Waals surface area (Å²) in [6, 6.07) is 15.7. The van der Waals surface area contributed by atoms with E-state index in [1.165, 1.54) is 37.4 Å². The van der Waals surface area contributed by atoms with Crippen LogP contribution in [0.2, 0.25) is 0 Å². The molecule has 2 N–H and O–H groups in total. The van der Waals surface area contributed by atoms with Gasteiger partial charge in [0.15, 0.2) is 0 Å². The Kier molecular flexibility index (Phi) is 3.91. The van der Waals surface area contributed by atoms with E-state index in [9.17, 15) is 19.2 Å². The average Bonchev–Trinajstić information content (AvgIpc) is 3.14. The fourth-order valence-corrected chi connectivity index (χ4v) is 3.68. The summed E-state index contributed by atoms with van der Waals surface area (Å²) in [6.07, 6.45) is 0. The largest absolute Gasteiger partial charge is 0.457 e. The zero-order valence-electron chi connectivity index (χ0n) is 16.3. The van der Waals surface area contributed by atoms with E-state index in [0.717, 1.165) is 9.80 Å². The third kappa shape index (κ3) is 2.77. The maximum atomic E-state index is 13.0. The number of nitrogens with two attached hydrogens (primary N) is 1. The van der Waals surface area contributed by atoms with Gasteiger partial charge in [-0.1, -0.05) is 0 Å². The van der Waals surface area contributed by atoms with Crippen LogP contribution < -0.4 is 15.4 Å². The summed E-state index contributed by atoms with van der Waals surface area (Å²) in [5.74, 6) is -1.01. The number of carbonyl (C=O) groups is 4. The minimum atomic E-state index is -0.534.